The summed E-state index contributed by atoms with van der Waals surface area (Å²) < 4.78 is 2.18. The van der Waals surface area contributed by atoms with Gasteiger partial charge in [0.2, 0.25) is 0 Å². The maximum absolute atomic E-state index is 4.46. The number of hydrogen-bond donors (Lipinski definition) is 2. The quantitative estimate of drug-likeness (QED) is 0.274. The molecule has 0 saturated heterocycles. The minimum Gasteiger partial charge on any atom is -0.356 e. The third-order valence-electron chi connectivity index (χ3n) is 3.61. The first kappa shape index (κ1) is 20.9. The van der Waals surface area contributed by atoms with Crippen molar-refractivity contribution in [2.75, 3.05) is 20.1 Å². The zero-order valence-electron chi connectivity index (χ0n) is 14.6. The molecule has 0 fully saturated rings. The fourth-order valence-corrected chi connectivity index (χ4v) is 2.95. The normalized spacial score (nSPS) is 11.2. The first-order chi connectivity index (χ1) is 11.2. The Bertz CT molecular complexity index is 622. The minimum atomic E-state index is 0. The van der Waals surface area contributed by atoms with Crippen molar-refractivity contribution in [1.82, 2.24) is 25.2 Å². The Morgan fingerprint density at radius 2 is 2.04 bits per heavy atom. The molecule has 0 aliphatic heterocycles. The van der Waals surface area contributed by atoms with Gasteiger partial charge < -0.3 is 15.2 Å². The predicted octanol–water partition coefficient (Wildman–Crippen LogP) is 2.76. The Balaban J connectivity index is 0.00000288. The van der Waals surface area contributed by atoms with Crippen molar-refractivity contribution in [3.05, 3.63) is 34.3 Å². The van der Waals surface area contributed by atoms with Gasteiger partial charge in [-0.1, -0.05) is 0 Å². The number of aliphatic imine (C=N–C) groups is 1. The van der Waals surface area contributed by atoms with Crippen LogP contribution < -0.4 is 10.6 Å². The van der Waals surface area contributed by atoms with Gasteiger partial charge in [0.25, 0.3) is 0 Å². The van der Waals surface area contributed by atoms with Crippen molar-refractivity contribution < 1.29 is 0 Å². The number of unbranched alkanes of at least 4 members (excludes halogenated alkanes) is 1. The molecule has 2 N–H and O–H groups in total. The fourth-order valence-electron chi connectivity index (χ4n) is 2.31. The van der Waals surface area contributed by atoms with Crippen LogP contribution >= 0.6 is 35.3 Å². The molecule has 8 heteroatoms. The van der Waals surface area contributed by atoms with Gasteiger partial charge in [0.05, 0.1) is 10.7 Å². The molecule has 6 nitrogen and oxygen atoms in total. The molecule has 0 aliphatic rings. The van der Waals surface area contributed by atoms with Crippen molar-refractivity contribution in [3.8, 4) is 0 Å². The highest BCUT2D eigenvalue weighted by Gasteiger charge is 2.01. The van der Waals surface area contributed by atoms with Gasteiger partial charge in [0.15, 0.2) is 5.96 Å². The Labute approximate surface area is 165 Å². The lowest BCUT2D eigenvalue weighted by Gasteiger charge is -2.11. The van der Waals surface area contributed by atoms with E-state index in [-0.39, 0.29) is 24.0 Å². The number of hydrogen-bond acceptors (Lipinski definition) is 4. The predicted molar refractivity (Wildman–Crippen MR) is 112 cm³/mol. The van der Waals surface area contributed by atoms with Crippen molar-refractivity contribution in [2.45, 2.75) is 39.7 Å². The van der Waals surface area contributed by atoms with Gasteiger partial charge in [0, 0.05) is 50.9 Å². The average Bonchev–Trinajstić information content (AvgIpc) is 3.14. The Morgan fingerprint density at radius 3 is 2.67 bits per heavy atom. The number of nitrogens with one attached hydrogen (secondary N) is 2. The van der Waals surface area contributed by atoms with Crippen LogP contribution in [0.1, 0.15) is 29.4 Å². The summed E-state index contributed by atoms with van der Waals surface area (Å²) in [6.07, 6.45) is 7.03. The molecule has 0 bridgehead atoms. The number of thiazole rings is 1. The van der Waals surface area contributed by atoms with Gasteiger partial charge in [-0.2, -0.15) is 0 Å². The monoisotopic (exact) mass is 462 g/mol. The molecule has 0 aromatic carbocycles. The van der Waals surface area contributed by atoms with E-state index >= 15 is 0 Å². The molecule has 24 heavy (non-hydrogen) atoms. The Morgan fingerprint density at radius 1 is 1.25 bits per heavy atom. The SMILES string of the molecule is CN=C(NCCCCn1ccnc1C)NCCc1csc(C)n1.I. The molecule has 2 aromatic rings. The van der Waals surface area contributed by atoms with Crippen LogP contribution in [0.25, 0.3) is 0 Å². The molecule has 134 valence electrons. The highest BCUT2D eigenvalue weighted by molar-refractivity contribution is 14.0. The van der Waals surface area contributed by atoms with Crippen molar-refractivity contribution in [3.63, 3.8) is 0 Å². The summed E-state index contributed by atoms with van der Waals surface area (Å²) in [6.45, 7) is 6.85. The summed E-state index contributed by atoms with van der Waals surface area (Å²) in [6, 6.07) is 0. The van der Waals surface area contributed by atoms with Crippen LogP contribution in [0.3, 0.4) is 0 Å². The van der Waals surface area contributed by atoms with Gasteiger partial charge in [-0.25, -0.2) is 9.97 Å². The number of rotatable bonds is 8. The average molecular weight is 462 g/mol. The second kappa shape index (κ2) is 11.4. The van der Waals surface area contributed by atoms with Crippen molar-refractivity contribution in [2.24, 2.45) is 4.99 Å². The van der Waals surface area contributed by atoms with Crippen LogP contribution in [0.4, 0.5) is 0 Å². The van der Waals surface area contributed by atoms with E-state index in [0.29, 0.717) is 0 Å². The number of nitrogens with zero attached hydrogens (tertiary/aromatic N) is 4. The topological polar surface area (TPSA) is 67.1 Å². The smallest absolute Gasteiger partial charge is 0.190 e. The second-order valence-corrected chi connectivity index (χ2v) is 6.47. The molecule has 0 atom stereocenters. The first-order valence-corrected chi connectivity index (χ1v) is 8.90. The van der Waals surface area contributed by atoms with E-state index in [9.17, 15) is 0 Å². The lowest BCUT2D eigenvalue weighted by Crippen LogP contribution is -2.38. The van der Waals surface area contributed by atoms with E-state index in [2.05, 4.69) is 35.5 Å². The molecule has 0 radical (unpaired) electrons. The molecule has 0 amide bonds. The van der Waals surface area contributed by atoms with Gasteiger partial charge in [0.1, 0.15) is 5.82 Å². The van der Waals surface area contributed by atoms with Gasteiger partial charge >= 0.3 is 0 Å². The molecule has 2 heterocycles. The number of aromatic nitrogens is 3. The Hall–Kier alpha value is -1.16. The summed E-state index contributed by atoms with van der Waals surface area (Å²) in [5.41, 5.74) is 1.14. The number of guanidine groups is 1. The van der Waals surface area contributed by atoms with Crippen molar-refractivity contribution in [1.29, 1.82) is 0 Å². The summed E-state index contributed by atoms with van der Waals surface area (Å²) >= 11 is 1.70. The first-order valence-electron chi connectivity index (χ1n) is 8.02. The molecular formula is C16H27IN6S. The van der Waals surface area contributed by atoms with Crippen LogP contribution in [0, 0.1) is 13.8 Å². The lowest BCUT2D eigenvalue weighted by molar-refractivity contribution is 0.588. The van der Waals surface area contributed by atoms with E-state index in [4.69, 9.17) is 0 Å². The molecular weight excluding hydrogens is 435 g/mol. The van der Waals surface area contributed by atoms with Crippen LogP contribution in [-0.4, -0.2) is 40.6 Å². The van der Waals surface area contributed by atoms with E-state index in [1.807, 2.05) is 26.2 Å². The maximum Gasteiger partial charge on any atom is 0.190 e. The van der Waals surface area contributed by atoms with Crippen LogP contribution in [0.15, 0.2) is 22.8 Å². The zero-order chi connectivity index (χ0) is 16.5. The fraction of sp³-hybridized carbons (Fsp3) is 0.562. The number of imidazole rings is 1. The standard InChI is InChI=1S/C16H26N6S.HI/c1-13-18-9-11-22(13)10-5-4-7-19-16(17-3)20-8-6-15-12-23-14(2)21-15;/h9,11-12H,4-8,10H2,1-3H3,(H2,17,19,20);1H. The van der Waals surface area contributed by atoms with Gasteiger partial charge in [-0.3, -0.25) is 4.99 Å². The summed E-state index contributed by atoms with van der Waals surface area (Å²) in [7, 11) is 1.80. The van der Waals surface area contributed by atoms with Crippen LogP contribution in [0.5, 0.6) is 0 Å². The van der Waals surface area contributed by atoms with E-state index in [1.165, 1.54) is 0 Å². The van der Waals surface area contributed by atoms with Gasteiger partial charge in [-0.15, -0.1) is 35.3 Å². The van der Waals surface area contributed by atoms with Crippen molar-refractivity contribution >= 4 is 41.3 Å². The van der Waals surface area contributed by atoms with E-state index in [1.54, 1.807) is 18.4 Å². The highest BCUT2D eigenvalue weighted by Crippen LogP contribution is 2.07. The third kappa shape index (κ3) is 7.16. The molecule has 0 unspecified atom stereocenters. The third-order valence-corrected chi connectivity index (χ3v) is 4.43. The number of aryl methyl sites for hydroxylation is 3. The largest absolute Gasteiger partial charge is 0.356 e. The van der Waals surface area contributed by atoms with Gasteiger partial charge in [-0.05, 0) is 26.7 Å². The minimum absolute atomic E-state index is 0. The number of halogens is 1. The lowest BCUT2D eigenvalue weighted by atomic mass is 10.3. The molecule has 2 rings (SSSR count). The summed E-state index contributed by atoms with van der Waals surface area (Å²) in [5, 5.41) is 9.92. The summed E-state index contributed by atoms with van der Waals surface area (Å²) in [4.78, 5) is 12.9. The van der Waals surface area contributed by atoms with E-state index < -0.39 is 0 Å². The molecule has 0 saturated carbocycles. The second-order valence-electron chi connectivity index (χ2n) is 5.41. The molecule has 0 spiro atoms. The van der Waals surface area contributed by atoms with E-state index in [0.717, 1.165) is 61.4 Å². The van der Waals surface area contributed by atoms with Crippen LogP contribution in [0.2, 0.25) is 0 Å². The maximum atomic E-state index is 4.46. The highest BCUT2D eigenvalue weighted by atomic mass is 127. The molecule has 2 aromatic heterocycles. The Kier molecular flexibility index (Phi) is 9.92. The summed E-state index contributed by atoms with van der Waals surface area (Å²) in [5.74, 6) is 1.93. The molecule has 0 aliphatic carbocycles. The zero-order valence-corrected chi connectivity index (χ0v) is 17.7. The van der Waals surface area contributed by atoms with Crippen LogP contribution in [-0.2, 0) is 13.0 Å².